The zero-order chi connectivity index (χ0) is 19.9. The Labute approximate surface area is 165 Å². The number of aromatic nitrogens is 1. The molecule has 1 aromatic heterocycles. The molecule has 1 heterocycles. The Morgan fingerprint density at radius 3 is 2.25 bits per heavy atom. The zero-order valence-electron chi connectivity index (χ0n) is 16.7. The molecule has 0 amide bonds. The second-order valence-corrected chi connectivity index (χ2v) is 6.53. The van der Waals surface area contributed by atoms with Gasteiger partial charge < -0.3 is 24.1 Å². The van der Waals surface area contributed by atoms with Crippen LogP contribution in [0.15, 0.2) is 47.0 Å². The highest BCUT2D eigenvalue weighted by molar-refractivity contribution is 5.43. The average molecular weight is 382 g/mol. The van der Waals surface area contributed by atoms with Crippen molar-refractivity contribution in [3.8, 4) is 17.2 Å². The SMILES string of the molecule is COc1ccc(CNCc2ccc(OCc3c(C)noc3C)c(OC)c2)cc1. The molecule has 6 nitrogen and oxygen atoms in total. The monoisotopic (exact) mass is 382 g/mol. The van der Waals surface area contributed by atoms with Crippen LogP contribution in [-0.2, 0) is 19.7 Å². The lowest BCUT2D eigenvalue weighted by molar-refractivity contribution is 0.281. The average Bonchev–Trinajstić information content (AvgIpc) is 3.05. The lowest BCUT2D eigenvalue weighted by Gasteiger charge is -2.13. The standard InChI is InChI=1S/C22H26N2O4/c1-15-20(16(2)28-24-15)14-27-21-10-7-18(11-22(21)26-4)13-23-12-17-5-8-19(25-3)9-6-17/h5-11,23H,12-14H2,1-4H3. The van der Waals surface area contributed by atoms with Crippen LogP contribution >= 0.6 is 0 Å². The van der Waals surface area contributed by atoms with Crippen LogP contribution in [0, 0.1) is 13.8 Å². The van der Waals surface area contributed by atoms with E-state index in [0.717, 1.165) is 41.4 Å². The fraction of sp³-hybridized carbons (Fsp3) is 0.318. The number of methoxy groups -OCH3 is 2. The van der Waals surface area contributed by atoms with Crippen LogP contribution in [0.4, 0.5) is 0 Å². The van der Waals surface area contributed by atoms with Gasteiger partial charge in [-0.05, 0) is 49.2 Å². The molecule has 2 aromatic carbocycles. The molecule has 3 aromatic rings. The summed E-state index contributed by atoms with van der Waals surface area (Å²) in [5, 5.41) is 7.39. The van der Waals surface area contributed by atoms with Crippen LogP contribution in [0.2, 0.25) is 0 Å². The Hall–Kier alpha value is -2.99. The maximum absolute atomic E-state index is 5.93. The molecule has 0 aliphatic carbocycles. The van der Waals surface area contributed by atoms with Crippen molar-refractivity contribution in [3.63, 3.8) is 0 Å². The fourth-order valence-electron chi connectivity index (χ4n) is 2.89. The first-order valence-electron chi connectivity index (χ1n) is 9.16. The molecule has 148 valence electrons. The lowest BCUT2D eigenvalue weighted by Crippen LogP contribution is -2.12. The van der Waals surface area contributed by atoms with Gasteiger partial charge in [0.25, 0.3) is 0 Å². The van der Waals surface area contributed by atoms with Crippen molar-refractivity contribution in [2.75, 3.05) is 14.2 Å². The third-order valence-corrected chi connectivity index (χ3v) is 4.60. The van der Waals surface area contributed by atoms with Crippen LogP contribution in [0.1, 0.15) is 28.1 Å². The Morgan fingerprint density at radius 1 is 0.893 bits per heavy atom. The van der Waals surface area contributed by atoms with E-state index in [1.807, 2.05) is 44.2 Å². The first-order chi connectivity index (χ1) is 13.6. The number of ether oxygens (including phenoxy) is 3. The van der Waals surface area contributed by atoms with E-state index in [1.54, 1.807) is 14.2 Å². The third-order valence-electron chi connectivity index (χ3n) is 4.60. The molecule has 0 saturated heterocycles. The Bertz CT molecular complexity index is 884. The summed E-state index contributed by atoms with van der Waals surface area (Å²) in [4.78, 5) is 0. The topological polar surface area (TPSA) is 65.8 Å². The molecule has 28 heavy (non-hydrogen) atoms. The Balaban J connectivity index is 1.57. The molecule has 0 saturated carbocycles. The van der Waals surface area contributed by atoms with Gasteiger partial charge in [0.1, 0.15) is 18.1 Å². The number of hydrogen-bond acceptors (Lipinski definition) is 6. The van der Waals surface area contributed by atoms with Crippen LogP contribution < -0.4 is 19.5 Å². The molecular weight excluding hydrogens is 356 g/mol. The molecule has 0 unspecified atom stereocenters. The van der Waals surface area contributed by atoms with E-state index in [9.17, 15) is 0 Å². The van der Waals surface area contributed by atoms with Gasteiger partial charge in [0.2, 0.25) is 0 Å². The van der Waals surface area contributed by atoms with Crippen molar-refractivity contribution in [2.45, 2.75) is 33.5 Å². The van der Waals surface area contributed by atoms with Crippen LogP contribution in [0.25, 0.3) is 0 Å². The minimum atomic E-state index is 0.395. The summed E-state index contributed by atoms with van der Waals surface area (Å²) in [6.45, 7) is 5.69. The van der Waals surface area contributed by atoms with E-state index >= 15 is 0 Å². The van der Waals surface area contributed by atoms with Gasteiger partial charge in [0.05, 0.1) is 25.5 Å². The van der Waals surface area contributed by atoms with E-state index in [4.69, 9.17) is 18.7 Å². The first-order valence-corrected chi connectivity index (χ1v) is 9.16. The highest BCUT2D eigenvalue weighted by Gasteiger charge is 2.12. The normalized spacial score (nSPS) is 10.7. The van der Waals surface area contributed by atoms with E-state index in [0.29, 0.717) is 18.1 Å². The largest absolute Gasteiger partial charge is 0.497 e. The summed E-state index contributed by atoms with van der Waals surface area (Å²) >= 11 is 0. The zero-order valence-corrected chi connectivity index (χ0v) is 16.7. The van der Waals surface area contributed by atoms with E-state index in [-0.39, 0.29) is 0 Å². The predicted molar refractivity (Wildman–Crippen MR) is 107 cm³/mol. The number of benzene rings is 2. The molecule has 0 bridgehead atoms. The summed E-state index contributed by atoms with van der Waals surface area (Å²) in [5.41, 5.74) is 4.13. The number of hydrogen-bond donors (Lipinski definition) is 1. The number of rotatable bonds is 9. The van der Waals surface area contributed by atoms with Gasteiger partial charge >= 0.3 is 0 Å². The van der Waals surface area contributed by atoms with Gasteiger partial charge in [-0.2, -0.15) is 0 Å². The second kappa shape index (κ2) is 9.28. The number of nitrogens with zero attached hydrogens (tertiary/aromatic N) is 1. The molecule has 0 fully saturated rings. The smallest absolute Gasteiger partial charge is 0.161 e. The maximum Gasteiger partial charge on any atom is 0.161 e. The summed E-state index contributed by atoms with van der Waals surface area (Å²) in [6.07, 6.45) is 0. The Kier molecular flexibility index (Phi) is 6.55. The van der Waals surface area contributed by atoms with Gasteiger partial charge in [-0.3, -0.25) is 0 Å². The van der Waals surface area contributed by atoms with Crippen LogP contribution in [-0.4, -0.2) is 19.4 Å². The van der Waals surface area contributed by atoms with Crippen molar-refractivity contribution in [3.05, 3.63) is 70.6 Å². The second-order valence-electron chi connectivity index (χ2n) is 6.53. The van der Waals surface area contributed by atoms with Gasteiger partial charge in [-0.25, -0.2) is 0 Å². The van der Waals surface area contributed by atoms with Gasteiger partial charge in [0.15, 0.2) is 11.5 Å². The van der Waals surface area contributed by atoms with Crippen molar-refractivity contribution in [2.24, 2.45) is 0 Å². The molecule has 3 rings (SSSR count). The van der Waals surface area contributed by atoms with Crippen molar-refractivity contribution in [1.29, 1.82) is 0 Å². The highest BCUT2D eigenvalue weighted by atomic mass is 16.5. The summed E-state index contributed by atoms with van der Waals surface area (Å²) < 4.78 is 21.8. The van der Waals surface area contributed by atoms with Crippen molar-refractivity contribution >= 4 is 0 Å². The quantitative estimate of drug-likeness (QED) is 0.599. The fourth-order valence-corrected chi connectivity index (χ4v) is 2.89. The summed E-state index contributed by atoms with van der Waals surface area (Å²) in [6, 6.07) is 14.0. The molecule has 0 atom stereocenters. The molecule has 1 N–H and O–H groups in total. The van der Waals surface area contributed by atoms with E-state index in [1.165, 1.54) is 5.56 Å². The van der Waals surface area contributed by atoms with Gasteiger partial charge in [0, 0.05) is 13.1 Å². The minimum absolute atomic E-state index is 0.395. The molecule has 0 radical (unpaired) electrons. The van der Waals surface area contributed by atoms with Gasteiger partial charge in [-0.15, -0.1) is 0 Å². The molecular formula is C22H26N2O4. The van der Waals surface area contributed by atoms with Crippen molar-refractivity contribution in [1.82, 2.24) is 10.5 Å². The van der Waals surface area contributed by atoms with Crippen molar-refractivity contribution < 1.29 is 18.7 Å². The van der Waals surface area contributed by atoms with E-state index in [2.05, 4.69) is 22.6 Å². The highest BCUT2D eigenvalue weighted by Crippen LogP contribution is 2.29. The first kappa shape index (κ1) is 19.8. The third kappa shape index (κ3) is 4.84. The van der Waals surface area contributed by atoms with Gasteiger partial charge in [-0.1, -0.05) is 23.4 Å². The van der Waals surface area contributed by atoms with Crippen LogP contribution in [0.5, 0.6) is 17.2 Å². The molecule has 0 spiro atoms. The summed E-state index contributed by atoms with van der Waals surface area (Å²) in [7, 11) is 3.31. The number of nitrogens with one attached hydrogen (secondary N) is 1. The summed E-state index contributed by atoms with van der Waals surface area (Å²) in [5.74, 6) is 3.04. The van der Waals surface area contributed by atoms with E-state index < -0.39 is 0 Å². The Morgan fingerprint density at radius 2 is 1.61 bits per heavy atom. The molecule has 0 aliphatic heterocycles. The molecule has 0 aliphatic rings. The molecule has 6 heteroatoms. The lowest BCUT2D eigenvalue weighted by atomic mass is 10.1. The minimum Gasteiger partial charge on any atom is -0.497 e. The number of aryl methyl sites for hydroxylation is 2. The maximum atomic E-state index is 5.93. The predicted octanol–water partition coefficient (Wildman–Crippen LogP) is 4.18. The van der Waals surface area contributed by atoms with Crippen LogP contribution in [0.3, 0.4) is 0 Å².